The van der Waals surface area contributed by atoms with Crippen molar-refractivity contribution in [2.45, 2.75) is 26.7 Å². The minimum absolute atomic E-state index is 0.567. The molecule has 0 unspecified atom stereocenters. The molecule has 5 rings (SSSR count). The Morgan fingerprint density at radius 2 is 1.88 bits per heavy atom. The van der Waals surface area contributed by atoms with Crippen LogP contribution in [0, 0.1) is 10.5 Å². The highest BCUT2D eigenvalue weighted by Crippen LogP contribution is 2.38. The maximum Gasteiger partial charge on any atom is 0.227 e. The molecule has 0 saturated carbocycles. The molecule has 0 atom stereocenters. The van der Waals surface area contributed by atoms with Gasteiger partial charge in [-0.1, -0.05) is 6.92 Å². The van der Waals surface area contributed by atoms with Crippen LogP contribution in [0.2, 0.25) is 0 Å². The number of nitrogens with one attached hydrogen (secondary N) is 1. The predicted octanol–water partition coefficient (Wildman–Crippen LogP) is 6.57. The number of aromatic nitrogens is 3. The summed E-state index contributed by atoms with van der Waals surface area (Å²) in [5, 5.41) is 4.50. The molecule has 1 N–H and O–H groups in total. The summed E-state index contributed by atoms with van der Waals surface area (Å²) < 4.78 is 6.63. The zero-order valence-corrected chi connectivity index (χ0v) is 28.1. The summed E-state index contributed by atoms with van der Waals surface area (Å²) in [6.07, 6.45) is 3.84. The Balaban J connectivity index is 1.29. The van der Waals surface area contributed by atoms with E-state index in [2.05, 4.69) is 99.8 Å². The van der Waals surface area contributed by atoms with Gasteiger partial charge in [0.05, 0.1) is 28.4 Å². The van der Waals surface area contributed by atoms with Crippen molar-refractivity contribution in [3.63, 3.8) is 0 Å². The summed E-state index contributed by atoms with van der Waals surface area (Å²) >= 11 is 4.00. The highest BCUT2D eigenvalue weighted by atomic mass is 127. The molecule has 4 aromatic rings. The Kier molecular flexibility index (Phi) is 10.3. The summed E-state index contributed by atoms with van der Waals surface area (Å²) in [6.45, 7) is 11.2. The third kappa shape index (κ3) is 7.58. The minimum atomic E-state index is 0.567. The third-order valence-electron chi connectivity index (χ3n) is 7.67. The van der Waals surface area contributed by atoms with Crippen molar-refractivity contribution in [2.75, 3.05) is 70.7 Å². The maximum absolute atomic E-state index is 5.53. The predicted molar refractivity (Wildman–Crippen MR) is 184 cm³/mol. The van der Waals surface area contributed by atoms with E-state index >= 15 is 0 Å². The Labute approximate surface area is 267 Å². The van der Waals surface area contributed by atoms with Crippen LogP contribution < -0.4 is 15.0 Å². The van der Waals surface area contributed by atoms with E-state index < -0.39 is 0 Å². The van der Waals surface area contributed by atoms with E-state index in [1.165, 1.54) is 37.4 Å². The smallest absolute Gasteiger partial charge is 0.227 e. The van der Waals surface area contributed by atoms with E-state index in [1.54, 1.807) is 18.4 Å². The maximum atomic E-state index is 5.53. The van der Waals surface area contributed by atoms with Gasteiger partial charge in [0.2, 0.25) is 5.95 Å². The van der Waals surface area contributed by atoms with Gasteiger partial charge in [0.15, 0.2) is 0 Å². The number of ether oxygens (including phenoxy) is 1. The van der Waals surface area contributed by atoms with Crippen LogP contribution in [0.1, 0.15) is 23.9 Å². The quantitative estimate of drug-likeness (QED) is 0.177. The number of likely N-dealkylation sites (N-methyl/N-ethyl adjacent to an activating group) is 1. The molecule has 0 amide bonds. The molecule has 1 aliphatic heterocycles. The molecule has 42 heavy (non-hydrogen) atoms. The average molecular weight is 698 g/mol. The number of methoxy groups -OCH3 is 1. The molecular formula is C32H40IN7OS. The molecule has 2 aromatic carbocycles. The summed E-state index contributed by atoms with van der Waals surface area (Å²) in [7, 11) is 6.09. The van der Waals surface area contributed by atoms with Crippen LogP contribution in [0.3, 0.4) is 0 Å². The molecule has 8 nitrogen and oxygen atoms in total. The standard InChI is InChI=1S/C32H40IN7OS/c1-6-29-37-30(23-19-24(33)21-26(20-23)41-5)31(42-29)27-10-11-34-32(36-27)35-25-8-9-28(22(2)18-25)39(4)12-7-13-40-16-14-38(3)15-17-40/h8-11,18-21H,6-7,12-17H2,1-5H3,(H,34,35,36). The molecule has 0 spiro atoms. The first kappa shape index (κ1) is 30.7. The van der Waals surface area contributed by atoms with Gasteiger partial charge in [-0.25, -0.2) is 15.0 Å². The second kappa shape index (κ2) is 14.1. The van der Waals surface area contributed by atoms with E-state index in [0.29, 0.717) is 5.95 Å². The molecule has 0 aliphatic carbocycles. The number of halogens is 1. The minimum Gasteiger partial charge on any atom is -0.497 e. The number of hydrogen-bond acceptors (Lipinski definition) is 9. The molecule has 222 valence electrons. The summed E-state index contributed by atoms with van der Waals surface area (Å²) in [4.78, 5) is 22.8. The van der Waals surface area contributed by atoms with Crippen LogP contribution in [0.15, 0.2) is 48.7 Å². The van der Waals surface area contributed by atoms with Gasteiger partial charge in [-0.05, 0) is 104 Å². The second-order valence-corrected chi connectivity index (χ2v) is 13.2. The summed E-state index contributed by atoms with van der Waals surface area (Å²) in [5.74, 6) is 1.39. The highest BCUT2D eigenvalue weighted by Gasteiger charge is 2.18. The zero-order valence-electron chi connectivity index (χ0n) is 25.2. The Morgan fingerprint density at radius 3 is 2.62 bits per heavy atom. The zero-order chi connectivity index (χ0) is 29.6. The molecule has 2 aromatic heterocycles. The SMILES string of the molecule is CCc1nc(-c2cc(I)cc(OC)c2)c(-c2ccnc(Nc3ccc(N(C)CCCN4CCN(C)CC4)c(C)c3)n2)s1. The molecule has 1 fully saturated rings. The Bertz CT molecular complexity index is 1500. The summed E-state index contributed by atoms with van der Waals surface area (Å²) in [6, 6.07) is 14.6. The molecule has 1 saturated heterocycles. The van der Waals surface area contributed by atoms with Gasteiger partial charge in [0.1, 0.15) is 5.75 Å². The van der Waals surface area contributed by atoms with Gasteiger partial charge >= 0.3 is 0 Å². The molecule has 1 aliphatic rings. The number of hydrogen-bond donors (Lipinski definition) is 1. The van der Waals surface area contributed by atoms with E-state index in [1.807, 2.05) is 24.4 Å². The van der Waals surface area contributed by atoms with E-state index in [-0.39, 0.29) is 0 Å². The van der Waals surface area contributed by atoms with Crippen LogP contribution >= 0.6 is 33.9 Å². The Morgan fingerprint density at radius 1 is 1.07 bits per heavy atom. The number of rotatable bonds is 11. The number of anilines is 3. The van der Waals surface area contributed by atoms with Gasteiger partial charge in [0.25, 0.3) is 0 Å². The first-order valence-corrected chi connectivity index (χ1v) is 16.4. The molecule has 10 heteroatoms. The van der Waals surface area contributed by atoms with Crippen molar-refractivity contribution >= 4 is 51.3 Å². The van der Waals surface area contributed by atoms with Crippen LogP contribution in [0.5, 0.6) is 5.75 Å². The molecule has 0 bridgehead atoms. The van der Waals surface area contributed by atoms with Crippen molar-refractivity contribution in [2.24, 2.45) is 0 Å². The summed E-state index contributed by atoms with van der Waals surface area (Å²) in [5.41, 5.74) is 6.25. The van der Waals surface area contributed by atoms with E-state index in [0.717, 1.165) is 67.8 Å². The molecule has 3 heterocycles. The fraction of sp³-hybridized carbons (Fsp3) is 0.406. The lowest BCUT2D eigenvalue weighted by molar-refractivity contribution is 0.153. The average Bonchev–Trinajstić information content (AvgIpc) is 3.43. The van der Waals surface area contributed by atoms with Gasteiger partial charge in [-0.3, -0.25) is 0 Å². The van der Waals surface area contributed by atoms with Gasteiger partial charge in [0, 0.05) is 66.5 Å². The van der Waals surface area contributed by atoms with Crippen molar-refractivity contribution in [1.29, 1.82) is 0 Å². The third-order valence-corrected chi connectivity index (χ3v) is 9.52. The van der Waals surface area contributed by atoms with Crippen molar-refractivity contribution in [1.82, 2.24) is 24.8 Å². The largest absolute Gasteiger partial charge is 0.497 e. The van der Waals surface area contributed by atoms with Gasteiger partial charge < -0.3 is 24.8 Å². The first-order chi connectivity index (χ1) is 20.3. The first-order valence-electron chi connectivity index (χ1n) is 14.5. The van der Waals surface area contributed by atoms with Crippen molar-refractivity contribution < 1.29 is 4.74 Å². The fourth-order valence-corrected chi connectivity index (χ4v) is 6.90. The molecule has 0 radical (unpaired) electrons. The normalized spacial score (nSPS) is 14.2. The van der Waals surface area contributed by atoms with Crippen LogP contribution in [0.4, 0.5) is 17.3 Å². The fourth-order valence-electron chi connectivity index (χ4n) is 5.26. The Hall–Kier alpha value is -2.80. The van der Waals surface area contributed by atoms with Crippen LogP contribution in [-0.4, -0.2) is 85.2 Å². The lowest BCUT2D eigenvalue weighted by Crippen LogP contribution is -2.45. The lowest BCUT2D eigenvalue weighted by Gasteiger charge is -2.33. The van der Waals surface area contributed by atoms with Crippen LogP contribution in [-0.2, 0) is 6.42 Å². The lowest BCUT2D eigenvalue weighted by atomic mass is 10.1. The second-order valence-electron chi connectivity index (χ2n) is 10.8. The van der Waals surface area contributed by atoms with Gasteiger partial charge in [-0.2, -0.15) is 0 Å². The number of piperazine rings is 1. The number of aryl methyl sites for hydroxylation is 2. The van der Waals surface area contributed by atoms with E-state index in [9.17, 15) is 0 Å². The topological polar surface area (TPSA) is 69.7 Å². The van der Waals surface area contributed by atoms with Crippen LogP contribution in [0.25, 0.3) is 21.8 Å². The van der Waals surface area contributed by atoms with Gasteiger partial charge in [-0.15, -0.1) is 11.3 Å². The molecular weight excluding hydrogens is 657 g/mol. The number of nitrogens with zero attached hydrogens (tertiary/aromatic N) is 6. The number of benzene rings is 2. The monoisotopic (exact) mass is 697 g/mol. The highest BCUT2D eigenvalue weighted by molar-refractivity contribution is 14.1. The van der Waals surface area contributed by atoms with Crippen molar-refractivity contribution in [3.8, 4) is 27.6 Å². The van der Waals surface area contributed by atoms with Crippen molar-refractivity contribution in [3.05, 3.63) is 62.8 Å². The number of thiazole rings is 1. The van der Waals surface area contributed by atoms with E-state index in [4.69, 9.17) is 14.7 Å².